The predicted molar refractivity (Wildman–Crippen MR) is 141 cm³/mol. The molecule has 1 heterocycles. The number of hydrogen-bond acceptors (Lipinski definition) is 3. The van der Waals surface area contributed by atoms with E-state index in [2.05, 4.69) is 45.6 Å². The summed E-state index contributed by atoms with van der Waals surface area (Å²) >= 11 is 0. The van der Waals surface area contributed by atoms with E-state index in [1.54, 1.807) is 6.21 Å². The first-order chi connectivity index (χ1) is 17.3. The molecule has 5 rings (SSSR count). The number of benzene rings is 4. The van der Waals surface area contributed by atoms with Crippen molar-refractivity contribution in [3.05, 3.63) is 127 Å². The molecule has 172 valence electrons. The van der Waals surface area contributed by atoms with Crippen LogP contribution < -0.4 is 10.2 Å². The number of carbonyl (C=O) groups is 1. The van der Waals surface area contributed by atoms with Crippen molar-refractivity contribution in [1.82, 2.24) is 9.99 Å². The fourth-order valence-electron chi connectivity index (χ4n) is 4.09. The molecule has 0 aliphatic rings. The number of aromatic nitrogens is 1. The number of ether oxygens (including phenoxy) is 1. The maximum atomic E-state index is 12.4. The molecule has 0 bridgehead atoms. The minimum atomic E-state index is -0.322. The molecular formula is C30H25N3O2. The lowest BCUT2D eigenvalue weighted by atomic mass is 10.1. The number of amides is 1. The van der Waals surface area contributed by atoms with E-state index < -0.39 is 0 Å². The predicted octanol–water partition coefficient (Wildman–Crippen LogP) is 5.89. The summed E-state index contributed by atoms with van der Waals surface area (Å²) in [5, 5.41) is 5.27. The van der Waals surface area contributed by atoms with Gasteiger partial charge in [0.05, 0.1) is 6.21 Å². The maximum Gasteiger partial charge on any atom is 0.277 e. The van der Waals surface area contributed by atoms with Crippen molar-refractivity contribution in [2.45, 2.75) is 6.54 Å². The van der Waals surface area contributed by atoms with E-state index in [1.165, 1.54) is 5.56 Å². The van der Waals surface area contributed by atoms with Gasteiger partial charge in [-0.15, -0.1) is 0 Å². The van der Waals surface area contributed by atoms with Gasteiger partial charge in [-0.05, 0) is 23.3 Å². The molecule has 0 spiro atoms. The molecule has 1 amide bonds. The molecule has 0 saturated carbocycles. The molecule has 1 N–H and O–H groups in total. The van der Waals surface area contributed by atoms with Crippen molar-refractivity contribution in [3.63, 3.8) is 0 Å². The molecule has 0 saturated heterocycles. The second-order valence-corrected chi connectivity index (χ2v) is 8.16. The van der Waals surface area contributed by atoms with Gasteiger partial charge >= 0.3 is 0 Å². The van der Waals surface area contributed by atoms with Gasteiger partial charge in [0.25, 0.3) is 5.91 Å². The minimum absolute atomic E-state index is 0.128. The van der Waals surface area contributed by atoms with Gasteiger partial charge in [0.1, 0.15) is 5.75 Å². The van der Waals surface area contributed by atoms with E-state index in [-0.39, 0.29) is 12.5 Å². The lowest BCUT2D eigenvalue weighted by Crippen LogP contribution is -2.24. The lowest BCUT2D eigenvalue weighted by molar-refractivity contribution is -0.123. The molecule has 0 unspecified atom stereocenters. The normalized spacial score (nSPS) is 11.1. The number of hydrogen-bond donors (Lipinski definition) is 1. The average Bonchev–Trinajstić information content (AvgIpc) is 3.26. The number of para-hydroxylation sites is 2. The fraction of sp³-hybridized carbons (Fsp3) is 0.0667. The SMILES string of the molecule is O=C(COc1ccccc1-c1ccccc1)N/N=C\c1cn(Cc2ccccc2)c2ccccc12. The summed E-state index contributed by atoms with van der Waals surface area (Å²) in [6.07, 6.45) is 3.74. The van der Waals surface area contributed by atoms with E-state index in [0.717, 1.165) is 34.1 Å². The molecular weight excluding hydrogens is 434 g/mol. The van der Waals surface area contributed by atoms with Gasteiger partial charge in [-0.3, -0.25) is 4.79 Å². The third-order valence-electron chi connectivity index (χ3n) is 5.74. The summed E-state index contributed by atoms with van der Waals surface area (Å²) in [6, 6.07) is 36.1. The Balaban J connectivity index is 1.25. The second kappa shape index (κ2) is 10.5. The number of fused-ring (bicyclic) bond motifs is 1. The number of carbonyl (C=O) groups excluding carboxylic acids is 1. The largest absolute Gasteiger partial charge is 0.483 e. The Morgan fingerprint density at radius 3 is 2.34 bits per heavy atom. The van der Waals surface area contributed by atoms with E-state index in [0.29, 0.717) is 5.75 Å². The van der Waals surface area contributed by atoms with Crippen molar-refractivity contribution >= 4 is 23.0 Å². The zero-order chi connectivity index (χ0) is 23.9. The standard InChI is InChI=1S/C30H25N3O2/c34-30(22-35-29-18-10-8-16-27(29)24-13-5-2-6-14-24)32-31-19-25-21-33(20-23-11-3-1-4-12-23)28-17-9-7-15-26(25)28/h1-19,21H,20,22H2,(H,32,34)/b31-19-. The van der Waals surface area contributed by atoms with Crippen LogP contribution in [0.3, 0.4) is 0 Å². The molecule has 0 aliphatic heterocycles. The molecule has 0 atom stereocenters. The Kier molecular flexibility index (Phi) is 6.67. The Morgan fingerprint density at radius 2 is 1.51 bits per heavy atom. The zero-order valence-corrected chi connectivity index (χ0v) is 19.2. The second-order valence-electron chi connectivity index (χ2n) is 8.16. The molecule has 5 heteroatoms. The summed E-state index contributed by atoms with van der Waals surface area (Å²) in [7, 11) is 0. The van der Waals surface area contributed by atoms with Crippen molar-refractivity contribution in [1.29, 1.82) is 0 Å². The number of nitrogens with one attached hydrogen (secondary N) is 1. The Hall–Kier alpha value is -4.64. The van der Waals surface area contributed by atoms with Crippen LogP contribution in [0.5, 0.6) is 5.75 Å². The molecule has 0 fully saturated rings. The highest BCUT2D eigenvalue weighted by Crippen LogP contribution is 2.29. The van der Waals surface area contributed by atoms with Gasteiger partial charge in [-0.25, -0.2) is 5.43 Å². The Labute approximate surface area is 204 Å². The Morgan fingerprint density at radius 1 is 0.829 bits per heavy atom. The highest BCUT2D eigenvalue weighted by molar-refractivity contribution is 5.99. The van der Waals surface area contributed by atoms with Crippen LogP contribution in [0.25, 0.3) is 22.0 Å². The van der Waals surface area contributed by atoms with Gasteiger partial charge < -0.3 is 9.30 Å². The summed E-state index contributed by atoms with van der Waals surface area (Å²) in [6.45, 7) is 0.632. The van der Waals surface area contributed by atoms with Crippen LogP contribution in [0.15, 0.2) is 120 Å². The van der Waals surface area contributed by atoms with Crippen LogP contribution in [-0.2, 0) is 11.3 Å². The number of nitrogens with zero attached hydrogens (tertiary/aromatic N) is 2. The smallest absolute Gasteiger partial charge is 0.277 e. The topological polar surface area (TPSA) is 55.6 Å². The molecule has 0 radical (unpaired) electrons. The zero-order valence-electron chi connectivity index (χ0n) is 19.2. The van der Waals surface area contributed by atoms with E-state index in [1.807, 2.05) is 84.9 Å². The summed E-state index contributed by atoms with van der Waals surface area (Å²) in [4.78, 5) is 12.4. The van der Waals surface area contributed by atoms with Crippen LogP contribution in [0.2, 0.25) is 0 Å². The van der Waals surface area contributed by atoms with Gasteiger partial charge in [-0.1, -0.05) is 97.1 Å². The fourth-order valence-corrected chi connectivity index (χ4v) is 4.09. The molecule has 4 aromatic carbocycles. The molecule has 35 heavy (non-hydrogen) atoms. The Bertz CT molecular complexity index is 1460. The average molecular weight is 460 g/mol. The van der Waals surface area contributed by atoms with Crippen LogP contribution in [-0.4, -0.2) is 23.3 Å². The van der Waals surface area contributed by atoms with Gasteiger partial charge in [-0.2, -0.15) is 5.10 Å². The highest BCUT2D eigenvalue weighted by atomic mass is 16.5. The summed E-state index contributed by atoms with van der Waals surface area (Å²) in [5.74, 6) is 0.332. The van der Waals surface area contributed by atoms with Crippen LogP contribution in [0.1, 0.15) is 11.1 Å². The van der Waals surface area contributed by atoms with Crippen LogP contribution >= 0.6 is 0 Å². The first-order valence-corrected chi connectivity index (χ1v) is 11.5. The number of rotatable bonds is 8. The van der Waals surface area contributed by atoms with Gasteiger partial charge in [0, 0.05) is 34.8 Å². The minimum Gasteiger partial charge on any atom is -0.483 e. The lowest BCUT2D eigenvalue weighted by Gasteiger charge is -2.10. The third kappa shape index (κ3) is 5.31. The summed E-state index contributed by atoms with van der Waals surface area (Å²) in [5.41, 5.74) is 7.83. The first kappa shape index (κ1) is 22.2. The maximum absolute atomic E-state index is 12.4. The van der Waals surface area contributed by atoms with Crippen molar-refractivity contribution < 1.29 is 9.53 Å². The van der Waals surface area contributed by atoms with Gasteiger partial charge in [0.15, 0.2) is 6.61 Å². The third-order valence-corrected chi connectivity index (χ3v) is 5.74. The van der Waals surface area contributed by atoms with Crippen LogP contribution in [0.4, 0.5) is 0 Å². The molecule has 5 aromatic rings. The monoisotopic (exact) mass is 459 g/mol. The van der Waals surface area contributed by atoms with Crippen LogP contribution in [0, 0.1) is 0 Å². The van der Waals surface area contributed by atoms with E-state index >= 15 is 0 Å². The highest BCUT2D eigenvalue weighted by Gasteiger charge is 2.09. The van der Waals surface area contributed by atoms with E-state index in [9.17, 15) is 4.79 Å². The summed E-state index contributed by atoms with van der Waals surface area (Å²) < 4.78 is 8.00. The van der Waals surface area contributed by atoms with E-state index in [4.69, 9.17) is 4.74 Å². The molecule has 5 nitrogen and oxygen atoms in total. The quantitative estimate of drug-likeness (QED) is 0.233. The van der Waals surface area contributed by atoms with Gasteiger partial charge in [0.2, 0.25) is 0 Å². The first-order valence-electron chi connectivity index (χ1n) is 11.5. The van der Waals surface area contributed by atoms with Crippen molar-refractivity contribution in [2.75, 3.05) is 6.61 Å². The van der Waals surface area contributed by atoms with Crippen molar-refractivity contribution in [3.8, 4) is 16.9 Å². The molecule has 0 aliphatic carbocycles. The molecule has 1 aromatic heterocycles. The van der Waals surface area contributed by atoms with Crippen molar-refractivity contribution in [2.24, 2.45) is 5.10 Å². The number of hydrazone groups is 1.